The summed E-state index contributed by atoms with van der Waals surface area (Å²) in [7, 11) is 0. The Balaban J connectivity index is 3.14. The summed E-state index contributed by atoms with van der Waals surface area (Å²) in [6.07, 6.45) is -0.295. The number of carbonyl (C=O) groups excluding carboxylic acids is 3. The molecule has 1 aromatic carbocycles. The summed E-state index contributed by atoms with van der Waals surface area (Å²) >= 11 is 0.866. The van der Waals surface area contributed by atoms with E-state index in [-0.39, 0.29) is 17.1 Å². The molecule has 1 rings (SSSR count). The van der Waals surface area contributed by atoms with Crippen LogP contribution in [0.3, 0.4) is 0 Å². The van der Waals surface area contributed by atoms with E-state index in [0.717, 1.165) is 17.3 Å². The molecule has 0 unspecified atom stereocenters. The Morgan fingerprint density at radius 2 is 1.68 bits per heavy atom. The lowest BCUT2D eigenvalue weighted by atomic mass is 10.0. The standard InChI is InChI=1S/C16H21NO4S/c1-10(2)21-16(20)15(22-12(4)19)14(17-11(3)18)13-8-6-5-7-9-13/h5-10,14-15H,1-4H3,(H,17,18)/t14-,15+/m0/s1. The van der Waals surface area contributed by atoms with Gasteiger partial charge in [-0.3, -0.25) is 14.4 Å². The summed E-state index contributed by atoms with van der Waals surface area (Å²) in [5.41, 5.74) is 0.747. The van der Waals surface area contributed by atoms with Gasteiger partial charge in [-0.25, -0.2) is 0 Å². The van der Waals surface area contributed by atoms with Crippen LogP contribution < -0.4 is 5.32 Å². The van der Waals surface area contributed by atoms with Gasteiger partial charge in [0.05, 0.1) is 12.1 Å². The molecule has 0 aliphatic carbocycles. The number of benzene rings is 1. The van der Waals surface area contributed by atoms with E-state index in [9.17, 15) is 14.4 Å². The molecule has 22 heavy (non-hydrogen) atoms. The van der Waals surface area contributed by atoms with Gasteiger partial charge < -0.3 is 10.1 Å². The highest BCUT2D eigenvalue weighted by Crippen LogP contribution is 2.29. The molecule has 1 aromatic rings. The Morgan fingerprint density at radius 1 is 1.09 bits per heavy atom. The van der Waals surface area contributed by atoms with Crippen LogP contribution in [-0.4, -0.2) is 28.3 Å². The Morgan fingerprint density at radius 3 is 2.14 bits per heavy atom. The van der Waals surface area contributed by atoms with Gasteiger partial charge in [-0.15, -0.1) is 0 Å². The number of nitrogens with one attached hydrogen (secondary N) is 1. The van der Waals surface area contributed by atoms with Crippen molar-refractivity contribution < 1.29 is 19.1 Å². The van der Waals surface area contributed by atoms with Gasteiger partial charge in [0, 0.05) is 13.8 Å². The minimum atomic E-state index is -0.828. The smallest absolute Gasteiger partial charge is 0.322 e. The van der Waals surface area contributed by atoms with Gasteiger partial charge in [0.25, 0.3) is 0 Å². The second-order valence-electron chi connectivity index (χ2n) is 5.10. The van der Waals surface area contributed by atoms with E-state index in [2.05, 4.69) is 5.32 Å². The fourth-order valence-electron chi connectivity index (χ4n) is 1.94. The normalized spacial score (nSPS) is 13.3. The van der Waals surface area contributed by atoms with Gasteiger partial charge in [0.1, 0.15) is 5.25 Å². The van der Waals surface area contributed by atoms with E-state index >= 15 is 0 Å². The molecule has 5 nitrogen and oxygen atoms in total. The first-order valence-corrected chi connectivity index (χ1v) is 7.89. The van der Waals surface area contributed by atoms with E-state index in [0.29, 0.717) is 0 Å². The number of hydrogen-bond donors (Lipinski definition) is 1. The summed E-state index contributed by atoms with van der Waals surface area (Å²) in [6.45, 7) is 6.24. The highest BCUT2D eigenvalue weighted by Gasteiger charge is 2.34. The van der Waals surface area contributed by atoms with E-state index in [1.165, 1.54) is 13.8 Å². The minimum absolute atomic E-state index is 0.211. The summed E-state index contributed by atoms with van der Waals surface area (Å²) in [5.74, 6) is -0.793. The average molecular weight is 323 g/mol. The van der Waals surface area contributed by atoms with Crippen molar-refractivity contribution >= 4 is 28.8 Å². The van der Waals surface area contributed by atoms with Crippen LogP contribution in [0.5, 0.6) is 0 Å². The predicted molar refractivity (Wildman–Crippen MR) is 86.3 cm³/mol. The third kappa shape index (κ3) is 5.89. The molecule has 0 heterocycles. The number of thioether (sulfide) groups is 1. The van der Waals surface area contributed by atoms with E-state index in [4.69, 9.17) is 4.74 Å². The van der Waals surface area contributed by atoms with Crippen LogP contribution in [0.15, 0.2) is 30.3 Å². The van der Waals surface area contributed by atoms with Crippen molar-refractivity contribution in [1.29, 1.82) is 0 Å². The van der Waals surface area contributed by atoms with Crippen LogP contribution in [0.25, 0.3) is 0 Å². The molecule has 0 aliphatic rings. The van der Waals surface area contributed by atoms with Gasteiger partial charge in [-0.2, -0.15) is 0 Å². The second-order valence-corrected chi connectivity index (χ2v) is 6.42. The third-order valence-electron chi connectivity index (χ3n) is 2.70. The molecule has 0 radical (unpaired) electrons. The zero-order valence-electron chi connectivity index (χ0n) is 13.2. The van der Waals surface area contributed by atoms with Gasteiger partial charge >= 0.3 is 5.97 Å². The molecule has 0 aromatic heterocycles. The van der Waals surface area contributed by atoms with Crippen molar-refractivity contribution in [3.8, 4) is 0 Å². The van der Waals surface area contributed by atoms with Crippen molar-refractivity contribution in [2.24, 2.45) is 0 Å². The molecule has 120 valence electrons. The monoisotopic (exact) mass is 323 g/mol. The third-order valence-corrected chi connectivity index (χ3v) is 3.75. The van der Waals surface area contributed by atoms with Crippen molar-refractivity contribution in [2.75, 3.05) is 0 Å². The topological polar surface area (TPSA) is 72.5 Å². The maximum Gasteiger partial charge on any atom is 0.322 e. The fourth-order valence-corrected chi connectivity index (χ4v) is 2.81. The maximum absolute atomic E-state index is 12.3. The molecule has 0 saturated carbocycles. The second kappa shape index (κ2) is 8.58. The maximum atomic E-state index is 12.3. The molecule has 0 spiro atoms. The fraction of sp³-hybridized carbons (Fsp3) is 0.438. The Hall–Kier alpha value is -1.82. The SMILES string of the molecule is CC(=O)N[C@@H](c1ccccc1)[C@@H](SC(C)=O)C(=O)OC(C)C. The van der Waals surface area contributed by atoms with Crippen LogP contribution in [0, 0.1) is 0 Å². The number of hydrogen-bond acceptors (Lipinski definition) is 5. The lowest BCUT2D eigenvalue weighted by Gasteiger charge is -2.26. The van der Waals surface area contributed by atoms with Crippen molar-refractivity contribution in [3.63, 3.8) is 0 Å². The predicted octanol–water partition coefficient (Wildman–Crippen LogP) is 2.46. The molecular weight excluding hydrogens is 302 g/mol. The van der Waals surface area contributed by atoms with Gasteiger partial charge in [-0.05, 0) is 19.4 Å². The minimum Gasteiger partial charge on any atom is -0.462 e. The first kappa shape index (κ1) is 18.2. The number of carbonyl (C=O) groups is 3. The zero-order chi connectivity index (χ0) is 16.7. The number of amides is 1. The van der Waals surface area contributed by atoms with Gasteiger partial charge in [0.15, 0.2) is 5.12 Å². The van der Waals surface area contributed by atoms with Crippen molar-refractivity contribution in [1.82, 2.24) is 5.32 Å². The Kier molecular flexibility index (Phi) is 7.11. The Bertz CT molecular complexity index is 530. The van der Waals surface area contributed by atoms with Crippen LogP contribution in [0.4, 0.5) is 0 Å². The van der Waals surface area contributed by atoms with Crippen molar-refractivity contribution in [3.05, 3.63) is 35.9 Å². The Labute approximate surface area is 134 Å². The highest BCUT2D eigenvalue weighted by atomic mass is 32.2. The van der Waals surface area contributed by atoms with Crippen LogP contribution in [0.1, 0.15) is 39.3 Å². The molecule has 2 atom stereocenters. The van der Waals surface area contributed by atoms with E-state index < -0.39 is 17.3 Å². The molecule has 0 fully saturated rings. The molecule has 6 heteroatoms. The van der Waals surface area contributed by atoms with Crippen LogP contribution >= 0.6 is 11.8 Å². The van der Waals surface area contributed by atoms with E-state index in [1.54, 1.807) is 26.0 Å². The number of esters is 1. The molecule has 0 bridgehead atoms. The van der Waals surface area contributed by atoms with Crippen molar-refractivity contribution in [2.45, 2.75) is 45.1 Å². The zero-order valence-corrected chi connectivity index (χ0v) is 14.0. The molecule has 1 N–H and O–H groups in total. The summed E-state index contributed by atoms with van der Waals surface area (Å²) in [6, 6.07) is 8.45. The first-order chi connectivity index (χ1) is 10.3. The van der Waals surface area contributed by atoms with E-state index in [1.807, 2.05) is 18.2 Å². The number of rotatable bonds is 6. The van der Waals surface area contributed by atoms with Gasteiger partial charge in [0.2, 0.25) is 5.91 Å². The largest absolute Gasteiger partial charge is 0.462 e. The summed E-state index contributed by atoms with van der Waals surface area (Å²) < 4.78 is 5.23. The molecule has 1 amide bonds. The lowest BCUT2D eigenvalue weighted by Crippen LogP contribution is -2.39. The summed E-state index contributed by atoms with van der Waals surface area (Å²) in [5, 5.41) is 1.70. The summed E-state index contributed by atoms with van der Waals surface area (Å²) in [4.78, 5) is 35.4. The van der Waals surface area contributed by atoms with Crippen LogP contribution in [-0.2, 0) is 19.1 Å². The number of ether oxygens (including phenoxy) is 1. The first-order valence-electron chi connectivity index (χ1n) is 7.01. The van der Waals surface area contributed by atoms with Crippen LogP contribution in [0.2, 0.25) is 0 Å². The lowest BCUT2D eigenvalue weighted by molar-refractivity contribution is -0.147. The molecular formula is C16H21NO4S. The van der Waals surface area contributed by atoms with Gasteiger partial charge in [-0.1, -0.05) is 42.1 Å². The molecule has 0 aliphatic heterocycles. The highest BCUT2D eigenvalue weighted by molar-refractivity contribution is 8.14. The average Bonchev–Trinajstić information content (AvgIpc) is 2.42. The quantitative estimate of drug-likeness (QED) is 0.814. The molecule has 0 saturated heterocycles.